The standard InChI is InChI=1S/C11H26N2O3/c1-12(5-3-8-14)11-13(7-9-15)6-4-10-16-2/h14-15H,3-11H2,1-2H3/p+2. The molecule has 0 aliphatic heterocycles. The van der Waals surface area contributed by atoms with Crippen molar-refractivity contribution in [1.82, 2.24) is 0 Å². The highest BCUT2D eigenvalue weighted by molar-refractivity contribution is 4.32. The van der Waals surface area contributed by atoms with E-state index in [0.29, 0.717) is 0 Å². The molecule has 4 N–H and O–H groups in total. The fourth-order valence-electron chi connectivity index (χ4n) is 1.82. The van der Waals surface area contributed by atoms with Crippen molar-refractivity contribution in [3.05, 3.63) is 0 Å². The largest absolute Gasteiger partial charge is 0.396 e. The third-order valence-electron chi connectivity index (χ3n) is 2.66. The monoisotopic (exact) mass is 236 g/mol. The summed E-state index contributed by atoms with van der Waals surface area (Å²) >= 11 is 0. The molecule has 0 aliphatic carbocycles. The number of aliphatic hydroxyl groups is 2. The Labute approximate surface area is 98.6 Å². The molecule has 0 fully saturated rings. The summed E-state index contributed by atoms with van der Waals surface area (Å²) in [5, 5.41) is 17.7. The molecule has 0 aromatic carbocycles. The lowest BCUT2D eigenvalue weighted by atomic mass is 10.4. The van der Waals surface area contributed by atoms with E-state index in [1.807, 2.05) is 0 Å². The van der Waals surface area contributed by atoms with E-state index in [0.717, 1.165) is 45.8 Å². The molecular formula is C11H28N2O3+2. The molecule has 0 rings (SSSR count). The van der Waals surface area contributed by atoms with Crippen LogP contribution in [0.4, 0.5) is 0 Å². The maximum absolute atomic E-state index is 8.98. The lowest BCUT2D eigenvalue weighted by Gasteiger charge is -2.22. The predicted molar refractivity (Wildman–Crippen MR) is 62.6 cm³/mol. The smallest absolute Gasteiger partial charge is 0.204 e. The van der Waals surface area contributed by atoms with Gasteiger partial charge in [-0.05, 0) is 0 Å². The SMILES string of the molecule is COCCC[NH+](CCO)C[NH+](C)CCCO. The van der Waals surface area contributed by atoms with Crippen molar-refractivity contribution in [3.8, 4) is 0 Å². The van der Waals surface area contributed by atoms with E-state index < -0.39 is 0 Å². The maximum atomic E-state index is 8.98. The van der Waals surface area contributed by atoms with Crippen LogP contribution in [0.5, 0.6) is 0 Å². The van der Waals surface area contributed by atoms with E-state index in [1.54, 1.807) is 7.11 Å². The molecule has 2 unspecified atom stereocenters. The first kappa shape index (κ1) is 15.8. The number of aliphatic hydroxyl groups excluding tert-OH is 2. The second-order valence-electron chi connectivity index (χ2n) is 4.28. The van der Waals surface area contributed by atoms with Crippen LogP contribution in [0.1, 0.15) is 12.8 Å². The van der Waals surface area contributed by atoms with E-state index in [1.165, 1.54) is 9.80 Å². The molecule has 0 saturated heterocycles. The highest BCUT2D eigenvalue weighted by Crippen LogP contribution is 1.72. The third-order valence-corrected chi connectivity index (χ3v) is 2.66. The Morgan fingerprint density at radius 3 is 2.31 bits per heavy atom. The van der Waals surface area contributed by atoms with E-state index in [2.05, 4.69) is 7.05 Å². The minimum Gasteiger partial charge on any atom is -0.396 e. The van der Waals surface area contributed by atoms with Gasteiger partial charge in [0.1, 0.15) is 6.54 Å². The molecule has 0 radical (unpaired) electrons. The van der Waals surface area contributed by atoms with Crippen molar-refractivity contribution in [2.45, 2.75) is 12.8 Å². The normalized spacial score (nSPS) is 15.0. The molecule has 0 heterocycles. The van der Waals surface area contributed by atoms with Crippen LogP contribution in [0.3, 0.4) is 0 Å². The van der Waals surface area contributed by atoms with Crippen molar-refractivity contribution in [2.24, 2.45) is 0 Å². The number of hydrogen-bond donors (Lipinski definition) is 4. The summed E-state index contributed by atoms with van der Waals surface area (Å²) in [7, 11) is 3.84. The van der Waals surface area contributed by atoms with Gasteiger partial charge in [0.25, 0.3) is 0 Å². The van der Waals surface area contributed by atoms with Crippen molar-refractivity contribution in [2.75, 3.05) is 60.3 Å². The van der Waals surface area contributed by atoms with Gasteiger partial charge in [0.05, 0.1) is 33.4 Å². The van der Waals surface area contributed by atoms with Gasteiger partial charge in [0, 0.05) is 26.6 Å². The van der Waals surface area contributed by atoms with Crippen molar-refractivity contribution in [3.63, 3.8) is 0 Å². The average molecular weight is 236 g/mol. The highest BCUT2D eigenvalue weighted by Gasteiger charge is 2.12. The van der Waals surface area contributed by atoms with Gasteiger partial charge in [-0.3, -0.25) is 9.80 Å². The van der Waals surface area contributed by atoms with Crippen LogP contribution in [-0.2, 0) is 4.74 Å². The highest BCUT2D eigenvalue weighted by atomic mass is 16.5. The van der Waals surface area contributed by atoms with Crippen LogP contribution in [-0.4, -0.2) is 70.5 Å². The number of hydrogen-bond acceptors (Lipinski definition) is 3. The first-order valence-electron chi connectivity index (χ1n) is 6.10. The van der Waals surface area contributed by atoms with Gasteiger partial charge in [-0.25, -0.2) is 0 Å². The van der Waals surface area contributed by atoms with E-state index in [-0.39, 0.29) is 13.2 Å². The summed E-state index contributed by atoms with van der Waals surface area (Å²) in [6.45, 7) is 5.07. The van der Waals surface area contributed by atoms with Crippen molar-refractivity contribution < 1.29 is 24.7 Å². The first-order valence-corrected chi connectivity index (χ1v) is 6.10. The Kier molecular flexibility index (Phi) is 11.1. The zero-order valence-electron chi connectivity index (χ0n) is 10.7. The van der Waals surface area contributed by atoms with Gasteiger partial charge < -0.3 is 14.9 Å². The van der Waals surface area contributed by atoms with E-state index >= 15 is 0 Å². The average Bonchev–Trinajstić information content (AvgIpc) is 2.27. The molecule has 0 spiro atoms. The van der Waals surface area contributed by atoms with Gasteiger partial charge in [-0.1, -0.05) is 0 Å². The van der Waals surface area contributed by atoms with Crippen LogP contribution in [0.2, 0.25) is 0 Å². The zero-order chi connectivity index (χ0) is 12.2. The van der Waals surface area contributed by atoms with Gasteiger partial charge in [0.2, 0.25) is 6.67 Å². The van der Waals surface area contributed by atoms with Crippen molar-refractivity contribution >= 4 is 0 Å². The van der Waals surface area contributed by atoms with Gasteiger partial charge in [-0.15, -0.1) is 0 Å². The Bertz CT molecular complexity index is 147. The molecule has 2 atom stereocenters. The number of ether oxygens (including phenoxy) is 1. The molecular weight excluding hydrogens is 208 g/mol. The lowest BCUT2D eigenvalue weighted by Crippen LogP contribution is -3.30. The zero-order valence-corrected chi connectivity index (χ0v) is 10.7. The van der Waals surface area contributed by atoms with Crippen LogP contribution < -0.4 is 9.80 Å². The topological polar surface area (TPSA) is 58.6 Å². The molecule has 5 nitrogen and oxygen atoms in total. The molecule has 98 valence electrons. The van der Waals surface area contributed by atoms with Gasteiger partial charge >= 0.3 is 0 Å². The summed E-state index contributed by atoms with van der Waals surface area (Å²) in [5.41, 5.74) is 0. The second kappa shape index (κ2) is 11.3. The predicted octanol–water partition coefficient (Wildman–Crippen LogP) is -3.25. The number of nitrogens with one attached hydrogen (secondary N) is 2. The molecule has 0 aliphatic rings. The third kappa shape index (κ3) is 9.06. The number of quaternary nitrogens is 2. The fourth-order valence-corrected chi connectivity index (χ4v) is 1.82. The lowest BCUT2D eigenvalue weighted by molar-refractivity contribution is -1.08. The van der Waals surface area contributed by atoms with Crippen LogP contribution in [0.15, 0.2) is 0 Å². The van der Waals surface area contributed by atoms with E-state index in [9.17, 15) is 0 Å². The molecule has 5 heteroatoms. The van der Waals surface area contributed by atoms with Gasteiger partial charge in [-0.2, -0.15) is 0 Å². The fraction of sp³-hybridized carbons (Fsp3) is 1.00. The molecule has 0 aromatic heterocycles. The van der Waals surface area contributed by atoms with Crippen molar-refractivity contribution in [1.29, 1.82) is 0 Å². The quantitative estimate of drug-likeness (QED) is 0.225. The van der Waals surface area contributed by atoms with Gasteiger partial charge in [0.15, 0.2) is 0 Å². The second-order valence-corrected chi connectivity index (χ2v) is 4.28. The summed E-state index contributed by atoms with van der Waals surface area (Å²) in [6, 6.07) is 0. The summed E-state index contributed by atoms with van der Waals surface area (Å²) in [4.78, 5) is 2.80. The Hall–Kier alpha value is -0.200. The molecule has 0 saturated carbocycles. The van der Waals surface area contributed by atoms with Crippen LogP contribution in [0.25, 0.3) is 0 Å². The molecule has 0 amide bonds. The first-order chi connectivity index (χ1) is 7.74. The minimum atomic E-state index is 0.232. The van der Waals surface area contributed by atoms with Crippen LogP contribution >= 0.6 is 0 Å². The minimum absolute atomic E-state index is 0.232. The number of rotatable bonds is 11. The molecule has 16 heavy (non-hydrogen) atoms. The summed E-state index contributed by atoms with van der Waals surface area (Å²) in [6.07, 6.45) is 1.87. The molecule has 0 bridgehead atoms. The maximum Gasteiger partial charge on any atom is 0.204 e. The van der Waals surface area contributed by atoms with Crippen LogP contribution in [0, 0.1) is 0 Å². The molecule has 0 aromatic rings. The Morgan fingerprint density at radius 1 is 1.00 bits per heavy atom. The Balaban J connectivity index is 3.72. The van der Waals surface area contributed by atoms with E-state index in [4.69, 9.17) is 14.9 Å². The number of methoxy groups -OCH3 is 1. The summed E-state index contributed by atoms with van der Waals surface area (Å²) < 4.78 is 5.02. The Morgan fingerprint density at radius 2 is 1.75 bits per heavy atom. The summed E-state index contributed by atoms with van der Waals surface area (Å²) in [5.74, 6) is 0.